The van der Waals surface area contributed by atoms with Crippen molar-refractivity contribution in [3.8, 4) is 0 Å². The SMILES string of the molecule is CCS(=O)(=O)N1CCC(c2cccc(N)c2)CC1. The maximum absolute atomic E-state index is 11.8. The lowest BCUT2D eigenvalue weighted by molar-refractivity contribution is 0.320. The molecule has 1 fully saturated rings. The number of hydrogen-bond donors (Lipinski definition) is 1. The summed E-state index contributed by atoms with van der Waals surface area (Å²) in [6.45, 7) is 2.94. The first-order chi connectivity index (χ1) is 8.53. The molecule has 2 rings (SSSR count). The van der Waals surface area contributed by atoms with Crippen LogP contribution in [0.1, 0.15) is 31.2 Å². The lowest BCUT2D eigenvalue weighted by atomic mass is 9.90. The fraction of sp³-hybridized carbons (Fsp3) is 0.538. The van der Waals surface area contributed by atoms with E-state index < -0.39 is 10.0 Å². The Labute approximate surface area is 109 Å². The average molecular weight is 268 g/mol. The van der Waals surface area contributed by atoms with Gasteiger partial charge in [0.15, 0.2) is 0 Å². The molecule has 0 unspecified atom stereocenters. The zero-order chi connectivity index (χ0) is 13.2. The van der Waals surface area contributed by atoms with Crippen molar-refractivity contribution >= 4 is 15.7 Å². The molecule has 0 radical (unpaired) electrons. The van der Waals surface area contributed by atoms with Gasteiger partial charge in [-0.3, -0.25) is 0 Å². The van der Waals surface area contributed by atoms with Crippen LogP contribution in [0.5, 0.6) is 0 Å². The van der Waals surface area contributed by atoms with Crippen LogP contribution < -0.4 is 5.73 Å². The maximum atomic E-state index is 11.8. The van der Waals surface area contributed by atoms with E-state index in [1.54, 1.807) is 11.2 Å². The molecule has 0 atom stereocenters. The number of anilines is 1. The van der Waals surface area contributed by atoms with Gasteiger partial charge in [0, 0.05) is 18.8 Å². The van der Waals surface area contributed by atoms with Gasteiger partial charge in [0.05, 0.1) is 5.75 Å². The van der Waals surface area contributed by atoms with Gasteiger partial charge in [0.25, 0.3) is 0 Å². The first kappa shape index (κ1) is 13.4. The monoisotopic (exact) mass is 268 g/mol. The number of nitrogens with zero attached hydrogens (tertiary/aromatic N) is 1. The number of nitrogen functional groups attached to an aromatic ring is 1. The van der Waals surface area contributed by atoms with E-state index in [1.165, 1.54) is 5.56 Å². The highest BCUT2D eigenvalue weighted by Gasteiger charge is 2.27. The summed E-state index contributed by atoms with van der Waals surface area (Å²) in [5.74, 6) is 0.618. The molecule has 1 aliphatic rings. The number of hydrogen-bond acceptors (Lipinski definition) is 3. The zero-order valence-electron chi connectivity index (χ0n) is 10.7. The number of piperidine rings is 1. The normalized spacial score (nSPS) is 18.9. The molecule has 2 N–H and O–H groups in total. The van der Waals surface area contributed by atoms with Gasteiger partial charge >= 0.3 is 0 Å². The lowest BCUT2D eigenvalue weighted by Crippen LogP contribution is -2.38. The molecule has 1 heterocycles. The standard InChI is InChI=1S/C13H20N2O2S/c1-2-18(16,17)15-8-6-11(7-9-15)12-4-3-5-13(14)10-12/h3-5,10-11H,2,6-9,14H2,1H3. The van der Waals surface area contributed by atoms with Gasteiger partial charge in [-0.2, -0.15) is 0 Å². The molecule has 0 bridgehead atoms. The molecule has 0 aromatic heterocycles. The van der Waals surface area contributed by atoms with Crippen LogP contribution in [0, 0.1) is 0 Å². The van der Waals surface area contributed by atoms with Crippen LogP contribution in [0.3, 0.4) is 0 Å². The molecular formula is C13H20N2O2S. The quantitative estimate of drug-likeness (QED) is 0.850. The van der Waals surface area contributed by atoms with Gasteiger partial charge in [0.2, 0.25) is 10.0 Å². The summed E-state index contributed by atoms with van der Waals surface area (Å²) in [4.78, 5) is 0. The third-order valence-electron chi connectivity index (χ3n) is 3.59. The van der Waals surface area contributed by atoms with Crippen molar-refractivity contribution in [2.75, 3.05) is 24.6 Å². The Bertz CT molecular complexity index is 505. The molecule has 0 spiro atoms. The van der Waals surface area contributed by atoms with Crippen molar-refractivity contribution in [1.29, 1.82) is 0 Å². The molecular weight excluding hydrogens is 248 g/mol. The summed E-state index contributed by atoms with van der Waals surface area (Å²) in [6.07, 6.45) is 1.76. The molecule has 0 amide bonds. The molecule has 0 aliphatic carbocycles. The van der Waals surface area contributed by atoms with Gasteiger partial charge in [-0.15, -0.1) is 0 Å². The Morgan fingerprint density at radius 1 is 1.33 bits per heavy atom. The number of benzene rings is 1. The number of rotatable bonds is 3. The molecule has 5 heteroatoms. The van der Waals surface area contributed by atoms with E-state index in [0.717, 1.165) is 18.5 Å². The van der Waals surface area contributed by atoms with E-state index in [2.05, 4.69) is 6.07 Å². The minimum atomic E-state index is -3.03. The topological polar surface area (TPSA) is 63.4 Å². The average Bonchev–Trinajstić information content (AvgIpc) is 2.39. The summed E-state index contributed by atoms with van der Waals surface area (Å²) >= 11 is 0. The lowest BCUT2D eigenvalue weighted by Gasteiger charge is -2.31. The second-order valence-electron chi connectivity index (χ2n) is 4.74. The van der Waals surface area contributed by atoms with Crippen LogP contribution in [0.4, 0.5) is 5.69 Å². The highest BCUT2D eigenvalue weighted by molar-refractivity contribution is 7.89. The second-order valence-corrected chi connectivity index (χ2v) is 7.00. The van der Waals surface area contributed by atoms with Gasteiger partial charge < -0.3 is 5.73 Å². The van der Waals surface area contributed by atoms with E-state index in [1.807, 2.05) is 18.2 Å². The smallest absolute Gasteiger partial charge is 0.213 e. The Morgan fingerprint density at radius 2 is 2.00 bits per heavy atom. The molecule has 100 valence electrons. The van der Waals surface area contributed by atoms with Crippen LogP contribution in [0.15, 0.2) is 24.3 Å². The van der Waals surface area contributed by atoms with Crippen molar-refractivity contribution in [2.45, 2.75) is 25.7 Å². The third-order valence-corrected chi connectivity index (χ3v) is 5.48. The first-order valence-corrected chi connectivity index (χ1v) is 7.97. The zero-order valence-corrected chi connectivity index (χ0v) is 11.5. The Hall–Kier alpha value is -1.07. The second kappa shape index (κ2) is 5.28. The molecule has 4 nitrogen and oxygen atoms in total. The van der Waals surface area contributed by atoms with E-state index in [9.17, 15) is 8.42 Å². The Balaban J connectivity index is 2.03. The first-order valence-electron chi connectivity index (χ1n) is 6.36. The molecule has 1 aromatic rings. The highest BCUT2D eigenvalue weighted by atomic mass is 32.2. The number of sulfonamides is 1. The van der Waals surface area contributed by atoms with Crippen LogP contribution in [-0.2, 0) is 10.0 Å². The summed E-state index contributed by atoms with van der Waals surface area (Å²) in [7, 11) is -3.03. The van der Waals surface area contributed by atoms with Gasteiger partial charge in [0.1, 0.15) is 0 Å². The van der Waals surface area contributed by atoms with E-state index in [4.69, 9.17) is 5.73 Å². The molecule has 1 aromatic carbocycles. The fourth-order valence-corrected chi connectivity index (χ4v) is 3.60. The third kappa shape index (κ3) is 2.84. The van der Waals surface area contributed by atoms with E-state index >= 15 is 0 Å². The fourth-order valence-electron chi connectivity index (χ4n) is 2.46. The minimum Gasteiger partial charge on any atom is -0.399 e. The summed E-state index contributed by atoms with van der Waals surface area (Å²) in [6, 6.07) is 7.90. The highest BCUT2D eigenvalue weighted by Crippen LogP contribution is 2.29. The molecule has 0 saturated carbocycles. The summed E-state index contributed by atoms with van der Waals surface area (Å²) < 4.78 is 25.1. The van der Waals surface area contributed by atoms with Gasteiger partial charge in [-0.25, -0.2) is 12.7 Å². The maximum Gasteiger partial charge on any atom is 0.213 e. The Morgan fingerprint density at radius 3 is 2.56 bits per heavy atom. The molecule has 18 heavy (non-hydrogen) atoms. The molecule has 1 saturated heterocycles. The van der Waals surface area contributed by atoms with E-state index in [-0.39, 0.29) is 5.75 Å². The van der Waals surface area contributed by atoms with Crippen molar-refractivity contribution in [1.82, 2.24) is 4.31 Å². The van der Waals surface area contributed by atoms with Gasteiger partial charge in [-0.1, -0.05) is 12.1 Å². The van der Waals surface area contributed by atoms with Crippen LogP contribution in [0.25, 0.3) is 0 Å². The predicted octanol–water partition coefficient (Wildman–Crippen LogP) is 1.80. The van der Waals surface area contributed by atoms with Crippen molar-refractivity contribution in [3.05, 3.63) is 29.8 Å². The van der Waals surface area contributed by atoms with Crippen LogP contribution in [0.2, 0.25) is 0 Å². The largest absolute Gasteiger partial charge is 0.399 e. The van der Waals surface area contributed by atoms with Crippen molar-refractivity contribution < 1.29 is 8.42 Å². The van der Waals surface area contributed by atoms with Crippen LogP contribution in [-0.4, -0.2) is 31.6 Å². The van der Waals surface area contributed by atoms with Crippen LogP contribution >= 0.6 is 0 Å². The molecule has 1 aliphatic heterocycles. The minimum absolute atomic E-state index is 0.190. The van der Waals surface area contributed by atoms with Gasteiger partial charge in [-0.05, 0) is 43.4 Å². The summed E-state index contributed by atoms with van der Waals surface area (Å²) in [5.41, 5.74) is 7.78. The van der Waals surface area contributed by atoms with Crippen molar-refractivity contribution in [2.24, 2.45) is 0 Å². The predicted molar refractivity (Wildman–Crippen MR) is 73.9 cm³/mol. The van der Waals surface area contributed by atoms with Crippen molar-refractivity contribution in [3.63, 3.8) is 0 Å². The summed E-state index contributed by atoms with van der Waals surface area (Å²) in [5, 5.41) is 0. The van der Waals surface area contributed by atoms with E-state index in [0.29, 0.717) is 19.0 Å². The Kier molecular flexibility index (Phi) is 3.92. The number of nitrogens with two attached hydrogens (primary N) is 1.